The van der Waals surface area contributed by atoms with Crippen LogP contribution in [0.25, 0.3) is 0 Å². The molecule has 0 aromatic heterocycles. The predicted molar refractivity (Wildman–Crippen MR) is 110 cm³/mol. The third kappa shape index (κ3) is 5.63. The smallest absolute Gasteiger partial charge is 0.243 e. The van der Waals surface area contributed by atoms with Crippen LogP contribution < -0.4 is 10.6 Å². The lowest BCUT2D eigenvalue weighted by Gasteiger charge is -2.18. The van der Waals surface area contributed by atoms with Gasteiger partial charge in [0.1, 0.15) is 0 Å². The van der Waals surface area contributed by atoms with Crippen LogP contribution in [0.1, 0.15) is 24.5 Å². The van der Waals surface area contributed by atoms with Crippen LogP contribution in [-0.4, -0.2) is 38.1 Å². The molecule has 0 saturated heterocycles. The van der Waals surface area contributed by atoms with Crippen molar-refractivity contribution >= 4 is 33.2 Å². The lowest BCUT2D eigenvalue weighted by Crippen LogP contribution is -2.35. The highest BCUT2D eigenvalue weighted by molar-refractivity contribution is 7.89. The number of sulfonamides is 1. The Kier molecular flexibility index (Phi) is 7.09. The van der Waals surface area contributed by atoms with Gasteiger partial charge in [-0.3, -0.25) is 9.59 Å². The van der Waals surface area contributed by atoms with Crippen LogP contribution in [-0.2, 0) is 19.6 Å². The van der Waals surface area contributed by atoms with Gasteiger partial charge in [0.25, 0.3) is 0 Å². The summed E-state index contributed by atoms with van der Waals surface area (Å²) in [4.78, 5) is 23.9. The Morgan fingerprint density at radius 1 is 1.07 bits per heavy atom. The zero-order chi connectivity index (χ0) is 21.6. The van der Waals surface area contributed by atoms with Crippen molar-refractivity contribution in [2.45, 2.75) is 25.2 Å². The summed E-state index contributed by atoms with van der Waals surface area (Å²) in [5.74, 6) is -0.675. The highest BCUT2D eigenvalue weighted by Crippen LogP contribution is 2.21. The first-order valence-corrected chi connectivity index (χ1v) is 10.3. The Morgan fingerprint density at radius 2 is 1.72 bits per heavy atom. The molecule has 2 N–H and O–H groups in total. The molecule has 0 aliphatic rings. The molecule has 0 atom stereocenters. The van der Waals surface area contributed by atoms with E-state index in [0.29, 0.717) is 23.4 Å². The summed E-state index contributed by atoms with van der Waals surface area (Å²) in [6.45, 7) is 3.13. The Hall–Kier alpha value is -3.22. The van der Waals surface area contributed by atoms with E-state index >= 15 is 0 Å². The van der Waals surface area contributed by atoms with Crippen molar-refractivity contribution in [3.8, 4) is 6.07 Å². The minimum atomic E-state index is -3.88. The van der Waals surface area contributed by atoms with Gasteiger partial charge in [0.2, 0.25) is 21.8 Å². The molecular formula is C20H22N4O4S. The van der Waals surface area contributed by atoms with Gasteiger partial charge in [0, 0.05) is 24.8 Å². The van der Waals surface area contributed by atoms with Crippen LogP contribution >= 0.6 is 0 Å². The van der Waals surface area contributed by atoms with Crippen LogP contribution in [0.5, 0.6) is 0 Å². The normalized spacial score (nSPS) is 11.0. The number of nitriles is 1. The van der Waals surface area contributed by atoms with Gasteiger partial charge in [-0.15, -0.1) is 0 Å². The fraction of sp³-hybridized carbons (Fsp3) is 0.250. The van der Waals surface area contributed by atoms with Crippen LogP contribution in [0.15, 0.2) is 47.4 Å². The number of anilines is 2. The topological polar surface area (TPSA) is 119 Å². The lowest BCUT2D eigenvalue weighted by atomic mass is 10.1. The van der Waals surface area contributed by atoms with E-state index in [0.717, 1.165) is 9.87 Å². The van der Waals surface area contributed by atoms with Crippen molar-refractivity contribution in [1.82, 2.24) is 4.31 Å². The van der Waals surface area contributed by atoms with Gasteiger partial charge < -0.3 is 10.6 Å². The van der Waals surface area contributed by atoms with Crippen LogP contribution in [0.2, 0.25) is 0 Å². The summed E-state index contributed by atoms with van der Waals surface area (Å²) in [6.07, 6.45) is 0.327. The molecule has 0 saturated carbocycles. The SMILES string of the molecule is CCC(=O)Nc1ccc(C)c(NC(=O)CN(C)S(=O)(=O)c2ccc(C#N)cc2)c1. The number of carbonyl (C=O) groups is 2. The summed E-state index contributed by atoms with van der Waals surface area (Å²) in [7, 11) is -2.58. The van der Waals surface area contributed by atoms with Crippen molar-refractivity contribution in [3.05, 3.63) is 53.6 Å². The number of hydrogen-bond acceptors (Lipinski definition) is 5. The highest BCUT2D eigenvalue weighted by atomic mass is 32.2. The van der Waals surface area contributed by atoms with Crippen molar-refractivity contribution in [2.75, 3.05) is 24.2 Å². The Bertz CT molecular complexity index is 1060. The number of carbonyl (C=O) groups excluding carboxylic acids is 2. The first-order valence-electron chi connectivity index (χ1n) is 8.84. The average molecular weight is 414 g/mol. The molecule has 2 aromatic rings. The largest absolute Gasteiger partial charge is 0.326 e. The Labute approximate surface area is 170 Å². The summed E-state index contributed by atoms with van der Waals surface area (Å²) in [5.41, 5.74) is 2.13. The van der Waals surface area contributed by atoms with Crippen LogP contribution in [0.4, 0.5) is 11.4 Å². The number of hydrogen-bond donors (Lipinski definition) is 2. The molecule has 0 bridgehead atoms. The van der Waals surface area contributed by atoms with Gasteiger partial charge in [-0.1, -0.05) is 13.0 Å². The van der Waals surface area contributed by atoms with Gasteiger partial charge >= 0.3 is 0 Å². The third-order valence-corrected chi connectivity index (χ3v) is 5.99. The molecule has 0 aliphatic heterocycles. The molecule has 2 aromatic carbocycles. The Balaban J connectivity index is 2.10. The molecule has 8 nitrogen and oxygen atoms in total. The molecule has 0 heterocycles. The Morgan fingerprint density at radius 3 is 2.31 bits per heavy atom. The first kappa shape index (κ1) is 22.1. The maximum Gasteiger partial charge on any atom is 0.243 e. The number of nitrogens with one attached hydrogen (secondary N) is 2. The average Bonchev–Trinajstić information content (AvgIpc) is 2.70. The number of nitrogens with zero attached hydrogens (tertiary/aromatic N) is 2. The van der Waals surface area contributed by atoms with Gasteiger partial charge in [-0.2, -0.15) is 9.57 Å². The first-order chi connectivity index (χ1) is 13.7. The number of aryl methyl sites for hydroxylation is 1. The third-order valence-electron chi connectivity index (χ3n) is 4.17. The second-order valence-electron chi connectivity index (χ2n) is 6.38. The van der Waals surface area contributed by atoms with E-state index in [1.807, 2.05) is 6.07 Å². The number of benzene rings is 2. The van der Waals surface area contributed by atoms with E-state index in [4.69, 9.17) is 5.26 Å². The van der Waals surface area contributed by atoms with E-state index in [-0.39, 0.29) is 10.8 Å². The molecule has 9 heteroatoms. The summed E-state index contributed by atoms with van der Waals surface area (Å²) >= 11 is 0. The molecule has 2 rings (SSSR count). The maximum absolute atomic E-state index is 12.6. The van der Waals surface area contributed by atoms with Crippen LogP contribution in [0, 0.1) is 18.3 Å². The molecule has 0 aliphatic carbocycles. The lowest BCUT2D eigenvalue weighted by molar-refractivity contribution is -0.116. The highest BCUT2D eigenvalue weighted by Gasteiger charge is 2.23. The molecule has 0 spiro atoms. The van der Waals surface area contributed by atoms with E-state index in [9.17, 15) is 18.0 Å². The summed E-state index contributed by atoms with van der Waals surface area (Å²) in [5, 5.41) is 14.2. The number of likely N-dealkylation sites (N-methyl/N-ethyl adjacent to an activating group) is 1. The quantitative estimate of drug-likeness (QED) is 0.721. The molecular weight excluding hydrogens is 392 g/mol. The van der Waals surface area contributed by atoms with Crippen LogP contribution in [0.3, 0.4) is 0 Å². The van der Waals surface area contributed by atoms with E-state index in [1.54, 1.807) is 32.0 Å². The maximum atomic E-state index is 12.6. The van der Waals surface area contributed by atoms with Crippen molar-refractivity contribution in [3.63, 3.8) is 0 Å². The van der Waals surface area contributed by atoms with Gasteiger partial charge in [-0.05, 0) is 48.9 Å². The number of rotatable bonds is 7. The summed E-state index contributed by atoms with van der Waals surface area (Å²) < 4.78 is 26.2. The van der Waals surface area contributed by atoms with Gasteiger partial charge in [0.15, 0.2) is 0 Å². The van der Waals surface area contributed by atoms with Crippen molar-refractivity contribution < 1.29 is 18.0 Å². The summed E-state index contributed by atoms with van der Waals surface area (Å²) in [6, 6.07) is 12.5. The molecule has 152 valence electrons. The van der Waals surface area contributed by atoms with Crippen molar-refractivity contribution in [1.29, 1.82) is 5.26 Å². The standard InChI is InChI=1S/C20H22N4O4S/c1-4-19(25)22-16-8-5-14(2)18(11-16)23-20(26)13-24(3)29(27,28)17-9-6-15(12-21)7-10-17/h5-11H,4,13H2,1-3H3,(H,22,25)(H,23,26). The molecule has 0 unspecified atom stereocenters. The van der Waals surface area contributed by atoms with E-state index in [2.05, 4.69) is 10.6 Å². The monoisotopic (exact) mass is 414 g/mol. The number of amides is 2. The fourth-order valence-electron chi connectivity index (χ4n) is 2.44. The minimum absolute atomic E-state index is 0.00717. The molecule has 0 radical (unpaired) electrons. The van der Waals surface area contributed by atoms with Gasteiger partial charge in [0.05, 0.1) is 23.1 Å². The fourth-order valence-corrected chi connectivity index (χ4v) is 3.57. The molecule has 2 amide bonds. The second-order valence-corrected chi connectivity index (χ2v) is 8.42. The predicted octanol–water partition coefficient (Wildman–Crippen LogP) is 2.47. The van der Waals surface area contributed by atoms with Crippen molar-refractivity contribution in [2.24, 2.45) is 0 Å². The minimum Gasteiger partial charge on any atom is -0.326 e. The molecule has 29 heavy (non-hydrogen) atoms. The molecule has 0 fully saturated rings. The zero-order valence-corrected chi connectivity index (χ0v) is 17.2. The van der Waals surface area contributed by atoms with E-state index in [1.165, 1.54) is 31.3 Å². The van der Waals surface area contributed by atoms with E-state index < -0.39 is 22.5 Å². The van der Waals surface area contributed by atoms with Gasteiger partial charge in [-0.25, -0.2) is 8.42 Å². The zero-order valence-electron chi connectivity index (χ0n) is 16.4. The second kappa shape index (κ2) is 9.32.